The third kappa shape index (κ3) is 10.5. The Balaban J connectivity index is 0.943. The second kappa shape index (κ2) is 19.5. The molecule has 1 aromatic heterocycles. The number of halogens is 1. The highest BCUT2D eigenvalue weighted by molar-refractivity contribution is 7.99. The van der Waals surface area contributed by atoms with E-state index >= 15 is 0 Å². The zero-order chi connectivity index (χ0) is 43.1. The van der Waals surface area contributed by atoms with E-state index < -0.39 is 26.7 Å². The number of nitrogens with zero attached hydrogens (tertiary/aromatic N) is 6. The topological polar surface area (TPSA) is 154 Å². The van der Waals surface area contributed by atoms with Crippen LogP contribution in [0.15, 0.2) is 131 Å². The molecule has 1 amide bonds. The Bertz CT molecular complexity index is 2640. The minimum Gasteiger partial charge on any atom is -0.375 e. The van der Waals surface area contributed by atoms with Crippen molar-refractivity contribution in [2.75, 3.05) is 60.0 Å². The minimum absolute atomic E-state index is 0.0164. The number of likely N-dealkylation sites (tertiary alicyclic amines) is 1. The van der Waals surface area contributed by atoms with Gasteiger partial charge in [-0.05, 0) is 90.6 Å². The van der Waals surface area contributed by atoms with Gasteiger partial charge in [-0.2, -0.15) is 0 Å². The van der Waals surface area contributed by atoms with Gasteiger partial charge in [-0.25, -0.2) is 18.4 Å². The lowest BCUT2D eigenvalue weighted by Gasteiger charge is -2.36. The molecule has 8 rings (SSSR count). The highest BCUT2D eigenvalue weighted by Gasteiger charge is 2.27. The van der Waals surface area contributed by atoms with Gasteiger partial charge in [0.1, 0.15) is 12.0 Å². The molecule has 13 nitrogen and oxygen atoms in total. The number of rotatable bonds is 15. The molecule has 0 spiro atoms. The van der Waals surface area contributed by atoms with E-state index in [0.717, 1.165) is 74.2 Å². The predicted octanol–water partition coefficient (Wildman–Crippen LogP) is 8.96. The standard InChI is InChI=1S/C46H47ClN8O5S2/c47-35-15-13-33(14-16-35)40-12-6-5-9-34(40)30-52-23-25-53(26-24-52)37-17-19-41-43(28-37)48-32-49-46(41)51-62(59,60)39-18-20-42(44(29-39)55(57)58)50-36(31-61-38-10-3-1-4-11-38)27-45(56)54-21-7-2-8-22-54/h1,3-6,9-20,28-29,32,36,50H,2,7-8,21-27,30-31H2,(H,48,49,51). The minimum atomic E-state index is -4.33. The Labute approximate surface area is 370 Å². The largest absolute Gasteiger partial charge is 0.375 e. The van der Waals surface area contributed by atoms with Crippen molar-refractivity contribution in [3.63, 3.8) is 0 Å². The van der Waals surface area contributed by atoms with Crippen molar-refractivity contribution in [1.29, 1.82) is 0 Å². The predicted molar refractivity (Wildman–Crippen MR) is 247 cm³/mol. The van der Waals surface area contributed by atoms with Gasteiger partial charge in [0.05, 0.1) is 15.3 Å². The maximum absolute atomic E-state index is 13.8. The summed E-state index contributed by atoms with van der Waals surface area (Å²) in [6.45, 7) is 5.51. The number of benzene rings is 5. The van der Waals surface area contributed by atoms with Crippen LogP contribution in [0, 0.1) is 10.1 Å². The smallest absolute Gasteiger partial charge is 0.293 e. The number of fused-ring (bicyclic) bond motifs is 1. The van der Waals surface area contributed by atoms with E-state index in [0.29, 0.717) is 34.8 Å². The number of anilines is 3. The maximum atomic E-state index is 13.8. The maximum Gasteiger partial charge on any atom is 0.293 e. The third-order valence-corrected chi connectivity index (χ3v) is 14.1. The molecule has 1 unspecified atom stereocenters. The lowest BCUT2D eigenvalue weighted by molar-refractivity contribution is -0.384. The van der Waals surface area contributed by atoms with Crippen LogP contribution < -0.4 is 14.9 Å². The van der Waals surface area contributed by atoms with Gasteiger partial charge in [-0.15, -0.1) is 11.8 Å². The molecule has 2 saturated heterocycles. The first kappa shape index (κ1) is 42.9. The van der Waals surface area contributed by atoms with E-state index in [9.17, 15) is 23.3 Å². The Morgan fingerprint density at radius 1 is 0.839 bits per heavy atom. The number of aromatic nitrogens is 2. The fraction of sp³-hybridized carbons (Fsp3) is 0.283. The van der Waals surface area contributed by atoms with E-state index in [2.05, 4.69) is 54.1 Å². The zero-order valence-corrected chi connectivity index (χ0v) is 36.4. The number of nitro benzene ring substituents is 1. The van der Waals surface area contributed by atoms with Gasteiger partial charge in [-0.3, -0.25) is 24.5 Å². The number of carbonyl (C=O) groups excluding carboxylic acids is 1. The number of amides is 1. The lowest BCUT2D eigenvalue weighted by atomic mass is 9.99. The monoisotopic (exact) mass is 890 g/mol. The average molecular weight is 892 g/mol. The van der Waals surface area contributed by atoms with Gasteiger partial charge >= 0.3 is 0 Å². The molecule has 6 aromatic rings. The summed E-state index contributed by atoms with van der Waals surface area (Å²) in [5.41, 5.74) is 4.79. The molecule has 5 aromatic carbocycles. The van der Waals surface area contributed by atoms with E-state index in [1.54, 1.807) is 17.8 Å². The summed E-state index contributed by atoms with van der Waals surface area (Å²) in [4.78, 5) is 41.2. The molecule has 16 heteroatoms. The van der Waals surface area contributed by atoms with E-state index in [-0.39, 0.29) is 28.7 Å². The number of carbonyl (C=O) groups is 1. The number of thioether (sulfide) groups is 1. The molecule has 2 N–H and O–H groups in total. The molecule has 0 bridgehead atoms. The van der Waals surface area contributed by atoms with Crippen molar-refractivity contribution < 1.29 is 18.1 Å². The molecule has 1 atom stereocenters. The Kier molecular flexibility index (Phi) is 13.5. The quantitative estimate of drug-likeness (QED) is 0.0577. The number of nitro groups is 1. The molecule has 2 aliphatic heterocycles. The van der Waals surface area contributed by atoms with Gasteiger partial charge in [0, 0.05) is 91.1 Å². The molecule has 0 radical (unpaired) electrons. The molecule has 0 aliphatic carbocycles. The number of sulfonamides is 1. The van der Waals surface area contributed by atoms with Crippen molar-refractivity contribution in [2.45, 2.75) is 48.1 Å². The Hall–Kier alpha value is -5.74. The molecule has 2 fully saturated rings. The summed E-state index contributed by atoms with van der Waals surface area (Å²) in [5.74, 6) is 0.504. The van der Waals surface area contributed by atoms with Crippen LogP contribution in [-0.4, -0.2) is 90.1 Å². The number of piperidine rings is 1. The molecule has 0 saturated carbocycles. The Morgan fingerprint density at radius 3 is 2.34 bits per heavy atom. The van der Waals surface area contributed by atoms with Crippen LogP contribution in [-0.2, 0) is 21.4 Å². The second-order valence-corrected chi connectivity index (χ2v) is 18.7. The lowest BCUT2D eigenvalue weighted by Crippen LogP contribution is -2.46. The van der Waals surface area contributed by atoms with E-state index in [1.807, 2.05) is 71.6 Å². The van der Waals surface area contributed by atoms with Crippen molar-refractivity contribution in [3.8, 4) is 11.1 Å². The molecule has 320 valence electrons. The van der Waals surface area contributed by atoms with Crippen LogP contribution in [0.25, 0.3) is 22.0 Å². The number of hydrogen-bond donors (Lipinski definition) is 2. The van der Waals surface area contributed by atoms with Gasteiger partial charge in [0.15, 0.2) is 5.82 Å². The molecule has 62 heavy (non-hydrogen) atoms. The van der Waals surface area contributed by atoms with Gasteiger partial charge in [0.25, 0.3) is 15.7 Å². The summed E-state index contributed by atoms with van der Waals surface area (Å²) < 4.78 is 30.2. The van der Waals surface area contributed by atoms with E-state index in [4.69, 9.17) is 11.6 Å². The number of piperazine rings is 1. The van der Waals surface area contributed by atoms with Crippen molar-refractivity contribution in [2.24, 2.45) is 0 Å². The van der Waals surface area contributed by atoms with Crippen LogP contribution in [0.5, 0.6) is 0 Å². The van der Waals surface area contributed by atoms with Crippen molar-refractivity contribution >= 4 is 73.1 Å². The Morgan fingerprint density at radius 2 is 1.58 bits per heavy atom. The van der Waals surface area contributed by atoms with Gasteiger partial charge < -0.3 is 15.1 Å². The second-order valence-electron chi connectivity index (χ2n) is 15.5. The highest BCUT2D eigenvalue weighted by atomic mass is 35.5. The SMILES string of the molecule is O=C(CC(CSc1ccccc1)Nc1ccc(S(=O)(=O)Nc2ncnc3cc(N4CCN(Cc5ccccc5-c5ccc(Cl)cc5)CC4)ccc23)cc1[N+](=O)[O-])N1CCCCC1. The first-order valence-corrected chi connectivity index (χ1v) is 23.5. The van der Waals surface area contributed by atoms with Crippen LogP contribution in [0.2, 0.25) is 5.02 Å². The van der Waals surface area contributed by atoms with Crippen LogP contribution in [0.1, 0.15) is 31.2 Å². The third-order valence-electron chi connectivity index (χ3n) is 11.3. The fourth-order valence-corrected chi connectivity index (χ4v) is 10.1. The van der Waals surface area contributed by atoms with Gasteiger partial charge in [-0.1, -0.05) is 66.2 Å². The number of hydrogen-bond acceptors (Lipinski definition) is 11. The van der Waals surface area contributed by atoms with Crippen molar-refractivity contribution in [1.82, 2.24) is 19.8 Å². The first-order valence-electron chi connectivity index (χ1n) is 20.7. The zero-order valence-electron chi connectivity index (χ0n) is 34.0. The number of nitrogens with one attached hydrogen (secondary N) is 2. The molecular formula is C46H47ClN8O5S2. The summed E-state index contributed by atoms with van der Waals surface area (Å²) in [7, 11) is -4.33. The highest BCUT2D eigenvalue weighted by Crippen LogP contribution is 2.33. The van der Waals surface area contributed by atoms with Crippen LogP contribution >= 0.6 is 23.4 Å². The normalized spacial score (nSPS) is 15.3. The van der Waals surface area contributed by atoms with Crippen molar-refractivity contribution in [3.05, 3.63) is 142 Å². The summed E-state index contributed by atoms with van der Waals surface area (Å²) in [5, 5.41) is 16.9. The van der Waals surface area contributed by atoms with Gasteiger partial charge in [0.2, 0.25) is 5.91 Å². The fourth-order valence-electron chi connectivity index (χ4n) is 8.00. The van der Waals surface area contributed by atoms with E-state index in [1.165, 1.54) is 29.6 Å². The molecule has 2 aliphatic rings. The summed E-state index contributed by atoms with van der Waals surface area (Å²) in [6.07, 6.45) is 4.42. The summed E-state index contributed by atoms with van der Waals surface area (Å²) >= 11 is 7.69. The molecule has 3 heterocycles. The molecular weight excluding hydrogens is 844 g/mol. The van der Waals surface area contributed by atoms with Crippen LogP contribution in [0.3, 0.4) is 0 Å². The average Bonchev–Trinajstić information content (AvgIpc) is 3.29. The van der Waals surface area contributed by atoms with Crippen LogP contribution in [0.4, 0.5) is 22.9 Å². The summed E-state index contributed by atoms with van der Waals surface area (Å²) in [6, 6.07) is 35.0. The first-order chi connectivity index (χ1) is 30.1.